The summed E-state index contributed by atoms with van der Waals surface area (Å²) in [6.45, 7) is 5.54. The lowest BCUT2D eigenvalue weighted by molar-refractivity contribution is 0.180. The molecule has 0 radical (unpaired) electrons. The highest BCUT2D eigenvalue weighted by atomic mass is 35.5. The second-order valence-corrected chi connectivity index (χ2v) is 5.00. The molecular formula is C15H23ClN2. The van der Waals surface area contributed by atoms with Crippen LogP contribution in [0.15, 0.2) is 36.4 Å². The van der Waals surface area contributed by atoms with Crippen LogP contribution in [0.1, 0.15) is 18.9 Å². The second-order valence-electron chi connectivity index (χ2n) is 5.00. The van der Waals surface area contributed by atoms with Gasteiger partial charge in [-0.05, 0) is 24.4 Å². The summed E-state index contributed by atoms with van der Waals surface area (Å²) in [7, 11) is 0. The lowest BCUT2D eigenvalue weighted by Crippen LogP contribution is -2.45. The Morgan fingerprint density at radius 1 is 1.33 bits per heavy atom. The van der Waals surface area contributed by atoms with E-state index < -0.39 is 0 Å². The van der Waals surface area contributed by atoms with Gasteiger partial charge in [0.05, 0.1) is 0 Å². The molecule has 2 atom stereocenters. The molecule has 1 aliphatic heterocycles. The van der Waals surface area contributed by atoms with E-state index >= 15 is 0 Å². The maximum Gasteiger partial charge on any atom is 0.0166 e. The van der Waals surface area contributed by atoms with E-state index in [4.69, 9.17) is 5.73 Å². The van der Waals surface area contributed by atoms with Gasteiger partial charge in [-0.2, -0.15) is 0 Å². The number of rotatable bonds is 3. The molecule has 1 heterocycles. The van der Waals surface area contributed by atoms with Gasteiger partial charge in [-0.3, -0.25) is 4.90 Å². The molecular weight excluding hydrogens is 244 g/mol. The van der Waals surface area contributed by atoms with Gasteiger partial charge in [-0.1, -0.05) is 49.4 Å². The van der Waals surface area contributed by atoms with Gasteiger partial charge >= 0.3 is 0 Å². The van der Waals surface area contributed by atoms with E-state index in [1.54, 1.807) is 0 Å². The van der Waals surface area contributed by atoms with E-state index in [0.717, 1.165) is 26.1 Å². The number of hydrogen-bond acceptors (Lipinski definition) is 2. The Labute approximate surface area is 116 Å². The van der Waals surface area contributed by atoms with Crippen LogP contribution in [0.4, 0.5) is 0 Å². The number of piperidine rings is 1. The largest absolute Gasteiger partial charge is 0.327 e. The molecule has 2 N–H and O–H groups in total. The standard InChI is InChI=1S/C15H22N2.ClH/c1-13-12-17(11-9-15(13)16)10-5-8-14-6-3-2-4-7-14;/h2-8,13,15H,9-12,16H2,1H3;1H/b8-5+;. The van der Waals surface area contributed by atoms with E-state index in [9.17, 15) is 0 Å². The van der Waals surface area contributed by atoms with Crippen LogP contribution < -0.4 is 5.73 Å². The molecule has 1 aromatic rings. The van der Waals surface area contributed by atoms with Gasteiger partial charge in [0, 0.05) is 19.1 Å². The highest BCUT2D eigenvalue weighted by molar-refractivity contribution is 5.85. The topological polar surface area (TPSA) is 29.3 Å². The monoisotopic (exact) mass is 266 g/mol. The molecule has 0 bridgehead atoms. The van der Waals surface area contributed by atoms with Crippen LogP contribution in [0.2, 0.25) is 0 Å². The van der Waals surface area contributed by atoms with Gasteiger partial charge in [0.25, 0.3) is 0 Å². The third-order valence-electron chi connectivity index (χ3n) is 3.53. The molecule has 3 heteroatoms. The second kappa shape index (κ2) is 7.57. The average Bonchev–Trinajstić information content (AvgIpc) is 2.35. The van der Waals surface area contributed by atoms with Crippen LogP contribution in [0.5, 0.6) is 0 Å². The summed E-state index contributed by atoms with van der Waals surface area (Å²) in [5, 5.41) is 0. The smallest absolute Gasteiger partial charge is 0.0166 e. The van der Waals surface area contributed by atoms with Gasteiger partial charge in [-0.25, -0.2) is 0 Å². The third-order valence-corrected chi connectivity index (χ3v) is 3.53. The van der Waals surface area contributed by atoms with Crippen molar-refractivity contribution in [2.45, 2.75) is 19.4 Å². The predicted octanol–water partition coefficient (Wildman–Crippen LogP) is 2.79. The molecule has 100 valence electrons. The van der Waals surface area contributed by atoms with E-state index in [1.165, 1.54) is 5.56 Å². The Hall–Kier alpha value is -0.830. The normalized spacial score (nSPS) is 25.0. The van der Waals surface area contributed by atoms with Crippen molar-refractivity contribution in [1.82, 2.24) is 4.90 Å². The molecule has 0 aliphatic carbocycles. The van der Waals surface area contributed by atoms with Crippen molar-refractivity contribution in [3.63, 3.8) is 0 Å². The zero-order chi connectivity index (χ0) is 12.1. The van der Waals surface area contributed by atoms with Crippen LogP contribution >= 0.6 is 12.4 Å². The number of likely N-dealkylation sites (tertiary alicyclic amines) is 1. The number of benzene rings is 1. The van der Waals surface area contributed by atoms with Crippen LogP contribution in [-0.2, 0) is 0 Å². The van der Waals surface area contributed by atoms with Gasteiger partial charge in [0.15, 0.2) is 0 Å². The fourth-order valence-corrected chi connectivity index (χ4v) is 2.32. The maximum atomic E-state index is 6.02. The van der Waals surface area contributed by atoms with Crippen LogP contribution in [0.3, 0.4) is 0 Å². The number of halogens is 1. The maximum absolute atomic E-state index is 6.02. The molecule has 2 unspecified atom stereocenters. The molecule has 1 saturated heterocycles. The van der Waals surface area contributed by atoms with Gasteiger partial charge in [0.2, 0.25) is 0 Å². The summed E-state index contributed by atoms with van der Waals surface area (Å²) < 4.78 is 0. The third kappa shape index (κ3) is 4.45. The van der Waals surface area contributed by atoms with E-state index in [1.807, 2.05) is 6.07 Å². The zero-order valence-electron chi connectivity index (χ0n) is 11.0. The molecule has 18 heavy (non-hydrogen) atoms. The quantitative estimate of drug-likeness (QED) is 0.912. The summed E-state index contributed by atoms with van der Waals surface area (Å²) in [6, 6.07) is 10.8. The van der Waals surface area contributed by atoms with Crippen LogP contribution in [0, 0.1) is 5.92 Å². The Bertz CT molecular complexity index is 364. The van der Waals surface area contributed by atoms with Crippen LogP contribution in [0.25, 0.3) is 6.08 Å². The fourth-order valence-electron chi connectivity index (χ4n) is 2.32. The zero-order valence-corrected chi connectivity index (χ0v) is 11.8. The SMILES string of the molecule is CC1CN(C/C=C/c2ccccc2)CCC1N.Cl. The number of nitrogens with zero attached hydrogens (tertiary/aromatic N) is 1. The fraction of sp³-hybridized carbons (Fsp3) is 0.467. The Morgan fingerprint density at radius 2 is 2.06 bits per heavy atom. The van der Waals surface area contributed by atoms with Crippen molar-refractivity contribution in [3.05, 3.63) is 42.0 Å². The van der Waals surface area contributed by atoms with Crippen molar-refractivity contribution < 1.29 is 0 Å². The average molecular weight is 267 g/mol. The highest BCUT2D eigenvalue weighted by Gasteiger charge is 2.21. The predicted molar refractivity (Wildman–Crippen MR) is 80.9 cm³/mol. The van der Waals surface area contributed by atoms with Crippen molar-refractivity contribution in [3.8, 4) is 0 Å². The Balaban J connectivity index is 0.00000162. The summed E-state index contributed by atoms with van der Waals surface area (Å²) in [5.74, 6) is 0.619. The first-order chi connectivity index (χ1) is 8.25. The first kappa shape index (κ1) is 15.2. The minimum atomic E-state index is 0. The lowest BCUT2D eigenvalue weighted by atomic mass is 9.95. The molecule has 2 nitrogen and oxygen atoms in total. The first-order valence-corrected chi connectivity index (χ1v) is 6.45. The lowest BCUT2D eigenvalue weighted by Gasteiger charge is -2.34. The van der Waals surface area contributed by atoms with Crippen molar-refractivity contribution in [2.75, 3.05) is 19.6 Å². The summed E-state index contributed by atoms with van der Waals surface area (Å²) in [6.07, 6.45) is 5.57. The molecule has 1 aliphatic rings. The van der Waals surface area contributed by atoms with Crippen LogP contribution in [-0.4, -0.2) is 30.6 Å². The van der Waals surface area contributed by atoms with E-state index in [-0.39, 0.29) is 12.4 Å². The van der Waals surface area contributed by atoms with Crippen molar-refractivity contribution >= 4 is 18.5 Å². The van der Waals surface area contributed by atoms with Gasteiger partial charge in [0.1, 0.15) is 0 Å². The van der Waals surface area contributed by atoms with Crippen molar-refractivity contribution in [2.24, 2.45) is 11.7 Å². The molecule has 0 saturated carbocycles. The number of nitrogens with two attached hydrogens (primary N) is 1. The van der Waals surface area contributed by atoms with E-state index in [0.29, 0.717) is 12.0 Å². The first-order valence-electron chi connectivity index (χ1n) is 6.45. The minimum Gasteiger partial charge on any atom is -0.327 e. The molecule has 1 aromatic carbocycles. The van der Waals surface area contributed by atoms with Crippen molar-refractivity contribution in [1.29, 1.82) is 0 Å². The molecule has 2 rings (SSSR count). The summed E-state index contributed by atoms with van der Waals surface area (Å²) in [5.41, 5.74) is 7.29. The number of hydrogen-bond donors (Lipinski definition) is 1. The van der Waals surface area contributed by atoms with Gasteiger partial charge < -0.3 is 5.73 Å². The van der Waals surface area contributed by atoms with E-state index in [2.05, 4.69) is 48.2 Å². The molecule has 0 spiro atoms. The summed E-state index contributed by atoms with van der Waals surface area (Å²) in [4.78, 5) is 2.48. The molecule has 1 fully saturated rings. The molecule has 0 aromatic heterocycles. The molecule has 0 amide bonds. The summed E-state index contributed by atoms with van der Waals surface area (Å²) >= 11 is 0. The Kier molecular flexibility index (Phi) is 6.41. The van der Waals surface area contributed by atoms with Gasteiger partial charge in [-0.15, -0.1) is 12.4 Å². The highest BCUT2D eigenvalue weighted by Crippen LogP contribution is 2.14. The Morgan fingerprint density at radius 3 is 2.72 bits per heavy atom. The minimum absolute atomic E-state index is 0.